The van der Waals surface area contributed by atoms with E-state index in [1.54, 1.807) is 30.3 Å². The molecule has 0 saturated carbocycles. The van der Waals surface area contributed by atoms with Crippen molar-refractivity contribution in [1.29, 1.82) is 0 Å². The van der Waals surface area contributed by atoms with Gasteiger partial charge < -0.3 is 11.1 Å². The normalized spacial score (nSPS) is 11.9. The first-order valence-electron chi connectivity index (χ1n) is 6.40. The number of anilines is 1. The van der Waals surface area contributed by atoms with E-state index in [1.165, 1.54) is 12.1 Å². The van der Waals surface area contributed by atoms with Gasteiger partial charge >= 0.3 is 0 Å². The summed E-state index contributed by atoms with van der Waals surface area (Å²) in [6.45, 7) is 3.71. The third-order valence-electron chi connectivity index (χ3n) is 3.25. The van der Waals surface area contributed by atoms with E-state index in [1.807, 2.05) is 13.8 Å². The molecule has 0 aliphatic carbocycles. The summed E-state index contributed by atoms with van der Waals surface area (Å²) >= 11 is 0. The monoisotopic (exact) mass is 272 g/mol. The molecule has 1 atom stereocenters. The summed E-state index contributed by atoms with van der Waals surface area (Å²) in [7, 11) is 0. The van der Waals surface area contributed by atoms with Crippen LogP contribution in [0.15, 0.2) is 42.5 Å². The summed E-state index contributed by atoms with van der Waals surface area (Å²) in [6.07, 6.45) is 0. The van der Waals surface area contributed by atoms with Gasteiger partial charge in [0, 0.05) is 11.3 Å². The lowest BCUT2D eigenvalue weighted by Gasteiger charge is -2.15. The molecule has 0 aromatic heterocycles. The topological polar surface area (TPSA) is 55.1 Å². The number of nitrogens with one attached hydrogen (secondary N) is 1. The Morgan fingerprint density at radius 1 is 1.20 bits per heavy atom. The molecule has 0 radical (unpaired) electrons. The summed E-state index contributed by atoms with van der Waals surface area (Å²) in [6, 6.07) is 11.0. The van der Waals surface area contributed by atoms with Crippen molar-refractivity contribution in [3.05, 3.63) is 65.0 Å². The fourth-order valence-electron chi connectivity index (χ4n) is 1.93. The van der Waals surface area contributed by atoms with E-state index in [-0.39, 0.29) is 17.8 Å². The number of carbonyl (C=O) groups excluding carboxylic acids is 1. The molecule has 2 aromatic rings. The zero-order valence-electron chi connectivity index (χ0n) is 11.5. The van der Waals surface area contributed by atoms with Crippen LogP contribution in [-0.4, -0.2) is 5.91 Å². The van der Waals surface area contributed by atoms with E-state index in [0.717, 1.165) is 11.1 Å². The van der Waals surface area contributed by atoms with Gasteiger partial charge in [-0.25, -0.2) is 4.39 Å². The molecular formula is C16H17FN2O. The van der Waals surface area contributed by atoms with E-state index in [4.69, 9.17) is 5.73 Å². The van der Waals surface area contributed by atoms with Crippen LogP contribution in [0.4, 0.5) is 10.1 Å². The lowest BCUT2D eigenvalue weighted by atomic mass is 10.1. The molecule has 0 bridgehead atoms. The van der Waals surface area contributed by atoms with Gasteiger partial charge in [-0.05, 0) is 55.3 Å². The number of carbonyl (C=O) groups is 1. The van der Waals surface area contributed by atoms with Crippen LogP contribution in [-0.2, 0) is 0 Å². The second kappa shape index (κ2) is 5.74. The largest absolute Gasteiger partial charge is 0.399 e. The van der Waals surface area contributed by atoms with Gasteiger partial charge in [0.05, 0.1) is 6.04 Å². The summed E-state index contributed by atoms with van der Waals surface area (Å²) in [4.78, 5) is 12.1. The number of amides is 1. The molecule has 0 saturated heterocycles. The third-order valence-corrected chi connectivity index (χ3v) is 3.25. The lowest BCUT2D eigenvalue weighted by Crippen LogP contribution is -2.26. The zero-order chi connectivity index (χ0) is 14.7. The second-order valence-electron chi connectivity index (χ2n) is 4.82. The van der Waals surface area contributed by atoms with Gasteiger partial charge in [0.15, 0.2) is 0 Å². The lowest BCUT2D eigenvalue weighted by molar-refractivity contribution is 0.0940. The Hall–Kier alpha value is -2.36. The average Bonchev–Trinajstić information content (AvgIpc) is 2.42. The smallest absolute Gasteiger partial charge is 0.251 e. The highest BCUT2D eigenvalue weighted by molar-refractivity contribution is 5.95. The van der Waals surface area contributed by atoms with Gasteiger partial charge in [-0.2, -0.15) is 0 Å². The molecule has 1 amide bonds. The highest BCUT2D eigenvalue weighted by Crippen LogP contribution is 2.16. The maximum absolute atomic E-state index is 12.9. The summed E-state index contributed by atoms with van der Waals surface area (Å²) in [5.74, 6) is -0.466. The van der Waals surface area contributed by atoms with Crippen LogP contribution in [0, 0.1) is 12.7 Å². The molecule has 4 heteroatoms. The van der Waals surface area contributed by atoms with Crippen molar-refractivity contribution in [2.24, 2.45) is 0 Å². The van der Waals surface area contributed by atoms with Gasteiger partial charge in [0.25, 0.3) is 5.91 Å². The second-order valence-corrected chi connectivity index (χ2v) is 4.82. The van der Waals surface area contributed by atoms with Crippen molar-refractivity contribution < 1.29 is 9.18 Å². The molecule has 3 N–H and O–H groups in total. The number of nitrogens with two attached hydrogens (primary N) is 1. The Morgan fingerprint density at radius 2 is 1.85 bits per heavy atom. The van der Waals surface area contributed by atoms with Crippen LogP contribution in [0.2, 0.25) is 0 Å². The Labute approximate surface area is 117 Å². The minimum Gasteiger partial charge on any atom is -0.399 e. The van der Waals surface area contributed by atoms with Crippen LogP contribution in [0.25, 0.3) is 0 Å². The van der Waals surface area contributed by atoms with Crippen LogP contribution < -0.4 is 11.1 Å². The quantitative estimate of drug-likeness (QED) is 0.843. The van der Waals surface area contributed by atoms with Gasteiger partial charge in [-0.1, -0.05) is 12.1 Å². The minimum atomic E-state index is -0.290. The number of aryl methyl sites for hydroxylation is 1. The first kappa shape index (κ1) is 14.1. The molecule has 0 aliphatic heterocycles. The molecular weight excluding hydrogens is 255 g/mol. The summed E-state index contributed by atoms with van der Waals surface area (Å²) in [5.41, 5.74) is 8.67. The predicted octanol–water partition coefficient (Wildman–Crippen LogP) is 3.21. The summed E-state index contributed by atoms with van der Waals surface area (Å²) in [5, 5.41) is 2.88. The van der Waals surface area contributed by atoms with Gasteiger partial charge in [0.2, 0.25) is 0 Å². The zero-order valence-corrected chi connectivity index (χ0v) is 11.5. The van der Waals surface area contributed by atoms with Crippen molar-refractivity contribution >= 4 is 11.6 Å². The molecule has 0 aliphatic rings. The molecule has 3 nitrogen and oxygen atoms in total. The Morgan fingerprint density at radius 3 is 2.45 bits per heavy atom. The fourth-order valence-corrected chi connectivity index (χ4v) is 1.93. The van der Waals surface area contributed by atoms with E-state index in [0.29, 0.717) is 11.3 Å². The number of benzene rings is 2. The molecule has 2 aromatic carbocycles. The number of nitrogen functional groups attached to an aromatic ring is 1. The first-order chi connectivity index (χ1) is 9.47. The molecule has 0 spiro atoms. The Balaban J connectivity index is 2.10. The van der Waals surface area contributed by atoms with Gasteiger partial charge in [0.1, 0.15) is 5.82 Å². The molecule has 0 heterocycles. The van der Waals surface area contributed by atoms with Crippen molar-refractivity contribution in [3.8, 4) is 0 Å². The molecule has 0 unspecified atom stereocenters. The number of hydrogen-bond donors (Lipinski definition) is 2. The Kier molecular flexibility index (Phi) is 4.03. The molecule has 104 valence electrons. The Bertz CT molecular complexity index is 623. The predicted molar refractivity (Wildman–Crippen MR) is 77.9 cm³/mol. The van der Waals surface area contributed by atoms with Crippen LogP contribution in [0.1, 0.15) is 34.5 Å². The first-order valence-corrected chi connectivity index (χ1v) is 6.40. The van der Waals surface area contributed by atoms with E-state index in [2.05, 4.69) is 5.32 Å². The minimum absolute atomic E-state index is 0.176. The van der Waals surface area contributed by atoms with Crippen LogP contribution in [0.5, 0.6) is 0 Å². The number of rotatable bonds is 3. The van der Waals surface area contributed by atoms with Gasteiger partial charge in [-0.3, -0.25) is 4.79 Å². The van der Waals surface area contributed by atoms with Crippen molar-refractivity contribution in [2.45, 2.75) is 19.9 Å². The van der Waals surface area contributed by atoms with Crippen molar-refractivity contribution in [3.63, 3.8) is 0 Å². The molecule has 20 heavy (non-hydrogen) atoms. The average molecular weight is 272 g/mol. The van der Waals surface area contributed by atoms with Crippen LogP contribution >= 0.6 is 0 Å². The highest BCUT2D eigenvalue weighted by Gasteiger charge is 2.12. The third kappa shape index (κ3) is 3.15. The summed E-state index contributed by atoms with van der Waals surface area (Å²) < 4.78 is 12.9. The standard InChI is InChI=1S/C16H17FN2O/c1-10-9-13(5-8-15(10)18)16(20)19-11(2)12-3-6-14(17)7-4-12/h3-9,11H,18H2,1-2H3,(H,19,20)/t11-/m1/s1. The fraction of sp³-hybridized carbons (Fsp3) is 0.188. The van der Waals surface area contributed by atoms with Crippen molar-refractivity contribution in [2.75, 3.05) is 5.73 Å². The maximum Gasteiger partial charge on any atom is 0.251 e. The van der Waals surface area contributed by atoms with Gasteiger partial charge in [-0.15, -0.1) is 0 Å². The van der Waals surface area contributed by atoms with Crippen LogP contribution in [0.3, 0.4) is 0 Å². The highest BCUT2D eigenvalue weighted by atomic mass is 19.1. The van der Waals surface area contributed by atoms with E-state index >= 15 is 0 Å². The number of halogens is 1. The molecule has 0 fully saturated rings. The SMILES string of the molecule is Cc1cc(C(=O)N[C@H](C)c2ccc(F)cc2)ccc1N. The maximum atomic E-state index is 12.9. The van der Waals surface area contributed by atoms with E-state index in [9.17, 15) is 9.18 Å². The number of hydrogen-bond acceptors (Lipinski definition) is 2. The van der Waals surface area contributed by atoms with E-state index < -0.39 is 0 Å². The molecule has 2 rings (SSSR count). The van der Waals surface area contributed by atoms with Crippen molar-refractivity contribution in [1.82, 2.24) is 5.32 Å².